The number of piperazine rings is 1. The maximum atomic E-state index is 11.6. The van der Waals surface area contributed by atoms with Crippen LogP contribution in [-0.2, 0) is 10.0 Å². The Labute approximate surface area is 130 Å². The van der Waals surface area contributed by atoms with Gasteiger partial charge in [0.15, 0.2) is 0 Å². The van der Waals surface area contributed by atoms with E-state index >= 15 is 0 Å². The number of aromatic carboxylic acids is 1. The summed E-state index contributed by atoms with van der Waals surface area (Å²) in [7, 11) is -0.108. The van der Waals surface area contributed by atoms with Crippen molar-refractivity contribution in [1.29, 1.82) is 0 Å². The van der Waals surface area contributed by atoms with Crippen LogP contribution in [0.5, 0.6) is 0 Å². The van der Waals surface area contributed by atoms with E-state index in [1.807, 2.05) is 7.05 Å². The van der Waals surface area contributed by atoms with Gasteiger partial charge in [-0.25, -0.2) is 13.2 Å². The highest BCUT2D eigenvalue weighted by atomic mass is 32.2. The molecule has 0 bridgehead atoms. The molecule has 7 nitrogen and oxygen atoms in total. The van der Waals surface area contributed by atoms with Crippen molar-refractivity contribution in [3.8, 4) is 0 Å². The van der Waals surface area contributed by atoms with Crippen molar-refractivity contribution in [2.24, 2.45) is 0 Å². The number of benzene rings is 1. The van der Waals surface area contributed by atoms with Gasteiger partial charge in [-0.1, -0.05) is 0 Å². The Morgan fingerprint density at radius 3 is 2.32 bits per heavy atom. The number of sulfonamides is 1. The van der Waals surface area contributed by atoms with Crippen LogP contribution in [0.4, 0.5) is 11.4 Å². The second-order valence-corrected chi connectivity index (χ2v) is 7.54. The van der Waals surface area contributed by atoms with Crippen LogP contribution in [0.25, 0.3) is 0 Å². The van der Waals surface area contributed by atoms with Crippen LogP contribution in [0.3, 0.4) is 0 Å². The molecule has 122 valence electrons. The lowest BCUT2D eigenvalue weighted by Crippen LogP contribution is -2.44. The molecule has 0 aliphatic carbocycles. The Hall–Kier alpha value is -1.80. The maximum Gasteiger partial charge on any atom is 0.337 e. The minimum absolute atomic E-state index is 0.00986. The standard InChI is InChI=1S/C14H21N3O4S/c1-15-6-8-17(9-7-15)11-4-5-13(12(10-11)14(18)19)16(2)22(3,20)21/h4-5,10H,6-9H2,1-3H3,(H,18,19). The Balaban J connectivity index is 2.37. The SMILES string of the molecule is CN1CCN(c2ccc(N(C)S(C)(=O)=O)c(C(=O)O)c2)CC1. The van der Waals surface area contributed by atoms with Gasteiger partial charge in [-0.05, 0) is 25.2 Å². The molecule has 1 aromatic carbocycles. The highest BCUT2D eigenvalue weighted by Crippen LogP contribution is 2.27. The van der Waals surface area contributed by atoms with Gasteiger partial charge in [-0.3, -0.25) is 4.31 Å². The largest absolute Gasteiger partial charge is 0.478 e. The van der Waals surface area contributed by atoms with Gasteiger partial charge in [0.25, 0.3) is 0 Å². The highest BCUT2D eigenvalue weighted by molar-refractivity contribution is 7.92. The summed E-state index contributed by atoms with van der Waals surface area (Å²) in [4.78, 5) is 15.8. The minimum Gasteiger partial charge on any atom is -0.478 e. The predicted octanol–water partition coefficient (Wildman–Crippen LogP) is 0.532. The molecule has 8 heteroatoms. The molecule has 2 rings (SSSR count). The minimum atomic E-state index is -3.51. The molecule has 1 heterocycles. The van der Waals surface area contributed by atoms with Gasteiger partial charge in [0.1, 0.15) is 0 Å². The summed E-state index contributed by atoms with van der Waals surface area (Å²) >= 11 is 0. The Morgan fingerprint density at radius 1 is 1.23 bits per heavy atom. The number of anilines is 2. The first kappa shape index (κ1) is 16.6. The molecule has 1 aliphatic heterocycles. The summed E-state index contributed by atoms with van der Waals surface area (Å²) in [6.45, 7) is 3.45. The number of likely N-dealkylation sites (N-methyl/N-ethyl adjacent to an activating group) is 1. The van der Waals surface area contributed by atoms with Crippen LogP contribution < -0.4 is 9.21 Å². The molecule has 0 amide bonds. The van der Waals surface area contributed by atoms with Gasteiger partial charge < -0.3 is 14.9 Å². The molecule has 1 aromatic rings. The third-order valence-corrected chi connectivity index (χ3v) is 5.11. The molecule has 0 atom stereocenters. The zero-order chi connectivity index (χ0) is 16.5. The van der Waals surface area contributed by atoms with Gasteiger partial charge >= 0.3 is 5.97 Å². The van der Waals surface area contributed by atoms with Crippen LogP contribution in [-0.4, -0.2) is 70.9 Å². The normalized spacial score (nSPS) is 16.6. The summed E-state index contributed by atoms with van der Waals surface area (Å²) < 4.78 is 24.3. The summed E-state index contributed by atoms with van der Waals surface area (Å²) in [6, 6.07) is 4.87. The van der Waals surface area contributed by atoms with Crippen LogP contribution in [0.2, 0.25) is 0 Å². The van der Waals surface area contributed by atoms with Crippen molar-refractivity contribution in [1.82, 2.24) is 4.90 Å². The fourth-order valence-electron chi connectivity index (χ4n) is 2.41. The Bertz CT molecular complexity index is 667. The summed E-state index contributed by atoms with van der Waals surface area (Å²) in [5, 5.41) is 9.40. The van der Waals surface area contributed by atoms with E-state index in [1.165, 1.54) is 7.05 Å². The molecule has 0 unspecified atom stereocenters. The lowest BCUT2D eigenvalue weighted by molar-refractivity contribution is 0.0698. The first-order valence-electron chi connectivity index (χ1n) is 6.95. The van der Waals surface area contributed by atoms with E-state index in [-0.39, 0.29) is 11.3 Å². The van der Waals surface area contributed by atoms with Crippen LogP contribution in [0, 0.1) is 0 Å². The van der Waals surface area contributed by atoms with Crippen LogP contribution in [0.1, 0.15) is 10.4 Å². The lowest BCUT2D eigenvalue weighted by atomic mass is 10.1. The number of carboxylic acids is 1. The monoisotopic (exact) mass is 327 g/mol. The number of carboxylic acid groups (broad SMARTS) is 1. The second-order valence-electron chi connectivity index (χ2n) is 5.53. The smallest absolute Gasteiger partial charge is 0.337 e. The molecule has 22 heavy (non-hydrogen) atoms. The highest BCUT2D eigenvalue weighted by Gasteiger charge is 2.22. The number of rotatable bonds is 4. The van der Waals surface area contributed by atoms with Crippen molar-refractivity contribution < 1.29 is 18.3 Å². The number of nitrogens with zero attached hydrogens (tertiary/aromatic N) is 3. The van der Waals surface area contributed by atoms with E-state index in [2.05, 4.69) is 9.80 Å². The van der Waals surface area contributed by atoms with E-state index in [0.717, 1.165) is 42.4 Å². The van der Waals surface area contributed by atoms with E-state index in [1.54, 1.807) is 18.2 Å². The second kappa shape index (κ2) is 6.13. The molecule has 0 spiro atoms. The third kappa shape index (κ3) is 3.50. The third-order valence-electron chi connectivity index (χ3n) is 3.92. The first-order valence-corrected chi connectivity index (χ1v) is 8.79. The van der Waals surface area contributed by atoms with Gasteiger partial charge in [-0.15, -0.1) is 0 Å². The van der Waals surface area contributed by atoms with Crippen molar-refractivity contribution in [3.05, 3.63) is 23.8 Å². The molecule has 0 radical (unpaired) electrons. The fraction of sp³-hybridized carbons (Fsp3) is 0.500. The van der Waals surface area contributed by atoms with Gasteiger partial charge in [-0.2, -0.15) is 0 Å². The van der Waals surface area contributed by atoms with Crippen molar-refractivity contribution in [2.45, 2.75) is 0 Å². The van der Waals surface area contributed by atoms with Crippen molar-refractivity contribution >= 4 is 27.4 Å². The molecule has 0 aromatic heterocycles. The molecule has 1 fully saturated rings. The molecule has 1 N–H and O–H groups in total. The predicted molar refractivity (Wildman–Crippen MR) is 86.4 cm³/mol. The topological polar surface area (TPSA) is 81.2 Å². The fourth-order valence-corrected chi connectivity index (χ4v) is 2.93. The van der Waals surface area contributed by atoms with Crippen molar-refractivity contribution in [3.63, 3.8) is 0 Å². The van der Waals surface area contributed by atoms with E-state index in [0.29, 0.717) is 0 Å². The molecular weight excluding hydrogens is 306 g/mol. The molecular formula is C14H21N3O4S. The van der Waals surface area contributed by atoms with E-state index in [4.69, 9.17) is 0 Å². The lowest BCUT2D eigenvalue weighted by Gasteiger charge is -2.34. The Morgan fingerprint density at radius 2 is 1.82 bits per heavy atom. The zero-order valence-electron chi connectivity index (χ0n) is 13.0. The number of hydrogen-bond donors (Lipinski definition) is 1. The van der Waals surface area contributed by atoms with Gasteiger partial charge in [0.05, 0.1) is 17.5 Å². The maximum absolute atomic E-state index is 11.6. The summed E-state index contributed by atoms with van der Waals surface area (Å²) in [5.74, 6) is -1.14. The van der Waals surface area contributed by atoms with Gasteiger partial charge in [0.2, 0.25) is 10.0 Å². The van der Waals surface area contributed by atoms with E-state index in [9.17, 15) is 18.3 Å². The van der Waals surface area contributed by atoms with Gasteiger partial charge in [0, 0.05) is 38.9 Å². The molecule has 0 saturated carbocycles. The average molecular weight is 327 g/mol. The summed E-state index contributed by atoms with van der Waals surface area (Å²) in [6.07, 6.45) is 1.05. The molecule has 1 saturated heterocycles. The quantitative estimate of drug-likeness (QED) is 0.869. The van der Waals surface area contributed by atoms with Crippen molar-refractivity contribution in [2.75, 3.05) is 55.7 Å². The number of carbonyl (C=O) groups is 1. The molecule has 1 aliphatic rings. The van der Waals surface area contributed by atoms with E-state index < -0.39 is 16.0 Å². The summed E-state index contributed by atoms with van der Waals surface area (Å²) in [5.41, 5.74) is 0.966. The number of hydrogen-bond acceptors (Lipinski definition) is 5. The van der Waals surface area contributed by atoms with Crippen LogP contribution >= 0.6 is 0 Å². The Kier molecular flexibility index (Phi) is 4.62. The average Bonchev–Trinajstić information content (AvgIpc) is 2.45. The zero-order valence-corrected chi connectivity index (χ0v) is 13.8. The van der Waals surface area contributed by atoms with Crippen LogP contribution in [0.15, 0.2) is 18.2 Å². The first-order chi connectivity index (χ1) is 10.2.